The smallest absolute Gasteiger partial charge is 0.181 e. The van der Waals surface area contributed by atoms with Crippen molar-refractivity contribution in [3.05, 3.63) is 83.9 Å². The van der Waals surface area contributed by atoms with Gasteiger partial charge < -0.3 is 5.43 Å². The van der Waals surface area contributed by atoms with Crippen molar-refractivity contribution >= 4 is 5.69 Å². The van der Waals surface area contributed by atoms with Crippen LogP contribution in [0.3, 0.4) is 0 Å². The summed E-state index contributed by atoms with van der Waals surface area (Å²) in [5.74, 6) is 1.06. The lowest BCUT2D eigenvalue weighted by Gasteiger charge is -2.12. The van der Waals surface area contributed by atoms with Gasteiger partial charge in [0.25, 0.3) is 0 Å². The van der Waals surface area contributed by atoms with Gasteiger partial charge in [0.05, 0.1) is 5.69 Å². The average molecular weight is 374 g/mol. The Morgan fingerprint density at radius 3 is 2.50 bits per heavy atom. The molecule has 140 valence electrons. The summed E-state index contributed by atoms with van der Waals surface area (Å²) < 4.78 is 13.2. The second-order valence-corrected chi connectivity index (χ2v) is 6.29. The van der Waals surface area contributed by atoms with Crippen LogP contribution in [-0.4, -0.2) is 27.2 Å². The van der Waals surface area contributed by atoms with Crippen LogP contribution < -0.4 is 10.9 Å². The third kappa shape index (κ3) is 3.89. The number of pyridine rings is 1. The van der Waals surface area contributed by atoms with Crippen LogP contribution in [0.2, 0.25) is 0 Å². The molecular weight excluding hydrogens is 355 g/mol. The van der Waals surface area contributed by atoms with Crippen molar-refractivity contribution in [2.45, 2.75) is 6.42 Å². The number of aromatic nitrogens is 4. The third-order valence-corrected chi connectivity index (χ3v) is 4.37. The Morgan fingerprint density at radius 1 is 0.964 bits per heavy atom. The maximum atomic E-state index is 13.2. The summed E-state index contributed by atoms with van der Waals surface area (Å²) >= 11 is 0. The molecule has 2 aromatic heterocycles. The second kappa shape index (κ2) is 7.98. The van der Waals surface area contributed by atoms with Gasteiger partial charge in [-0.2, -0.15) is 5.10 Å². The van der Waals surface area contributed by atoms with E-state index in [0.717, 1.165) is 27.9 Å². The summed E-state index contributed by atoms with van der Waals surface area (Å²) in [7, 11) is 1.81. The molecule has 28 heavy (non-hydrogen) atoms. The first-order valence-electron chi connectivity index (χ1n) is 8.86. The fourth-order valence-electron chi connectivity index (χ4n) is 2.99. The first-order chi connectivity index (χ1) is 13.7. The molecule has 0 saturated heterocycles. The minimum Gasteiger partial charge on any atom is -0.321 e. The van der Waals surface area contributed by atoms with Gasteiger partial charge in [0.2, 0.25) is 0 Å². The van der Waals surface area contributed by atoms with Gasteiger partial charge in [-0.15, -0.1) is 0 Å². The molecule has 0 saturated carbocycles. The second-order valence-electron chi connectivity index (χ2n) is 6.29. The lowest BCUT2D eigenvalue weighted by Crippen LogP contribution is -2.16. The Bertz CT molecular complexity index is 1060. The van der Waals surface area contributed by atoms with Gasteiger partial charge in [0.1, 0.15) is 5.82 Å². The fraction of sp³-hybridized carbons (Fsp3) is 0.0952. The number of rotatable bonds is 6. The zero-order valence-electron chi connectivity index (χ0n) is 15.3. The highest BCUT2D eigenvalue weighted by atomic mass is 19.1. The van der Waals surface area contributed by atoms with Gasteiger partial charge in [0, 0.05) is 30.6 Å². The highest BCUT2D eigenvalue weighted by molar-refractivity contribution is 5.66. The molecule has 4 aromatic rings. The predicted octanol–water partition coefficient (Wildman–Crippen LogP) is 3.81. The summed E-state index contributed by atoms with van der Waals surface area (Å²) in [5.41, 5.74) is 10.9. The quantitative estimate of drug-likeness (QED) is 0.447. The Kier molecular flexibility index (Phi) is 5.07. The number of anilines is 1. The van der Waals surface area contributed by atoms with Gasteiger partial charge in [-0.25, -0.2) is 14.8 Å². The van der Waals surface area contributed by atoms with Gasteiger partial charge in [0.15, 0.2) is 11.6 Å². The van der Waals surface area contributed by atoms with Crippen molar-refractivity contribution in [3.63, 3.8) is 0 Å². The van der Waals surface area contributed by atoms with Gasteiger partial charge in [-0.05, 0) is 60.0 Å². The Balaban J connectivity index is 1.66. The Labute approximate surface area is 161 Å². The molecule has 2 aromatic carbocycles. The molecule has 0 aliphatic rings. The van der Waals surface area contributed by atoms with Crippen LogP contribution >= 0.6 is 0 Å². The molecule has 4 rings (SSSR count). The maximum Gasteiger partial charge on any atom is 0.181 e. The monoisotopic (exact) mass is 374 g/mol. The highest BCUT2D eigenvalue weighted by Gasteiger charge is 2.11. The number of hydrogen-bond donors (Lipinski definition) is 3. The fourth-order valence-corrected chi connectivity index (χ4v) is 2.99. The number of hydrogen-bond acceptors (Lipinski definition) is 5. The molecule has 0 radical (unpaired) electrons. The number of hydrazine groups is 1. The number of nitrogens with one attached hydrogen (secondary N) is 3. The van der Waals surface area contributed by atoms with Gasteiger partial charge in [-0.1, -0.05) is 12.1 Å². The van der Waals surface area contributed by atoms with E-state index in [1.54, 1.807) is 24.5 Å². The summed E-state index contributed by atoms with van der Waals surface area (Å²) in [6, 6.07) is 16.3. The van der Waals surface area contributed by atoms with E-state index in [1.807, 2.05) is 37.4 Å². The predicted molar refractivity (Wildman–Crippen MR) is 107 cm³/mol. The third-order valence-electron chi connectivity index (χ3n) is 4.37. The average Bonchev–Trinajstić information content (AvgIpc) is 3.22. The van der Waals surface area contributed by atoms with E-state index < -0.39 is 0 Å². The van der Waals surface area contributed by atoms with Crippen molar-refractivity contribution in [1.29, 1.82) is 0 Å². The van der Waals surface area contributed by atoms with E-state index in [4.69, 9.17) is 0 Å². The molecule has 3 N–H and O–H groups in total. The zero-order chi connectivity index (χ0) is 19.3. The van der Waals surface area contributed by atoms with Crippen LogP contribution in [0.25, 0.3) is 22.8 Å². The van der Waals surface area contributed by atoms with Crippen molar-refractivity contribution < 1.29 is 4.39 Å². The Hall–Kier alpha value is -3.58. The minimum atomic E-state index is -0.240. The van der Waals surface area contributed by atoms with Crippen LogP contribution in [0.1, 0.15) is 11.1 Å². The minimum absolute atomic E-state index is 0.240. The van der Waals surface area contributed by atoms with Crippen LogP contribution in [0.15, 0.2) is 67.0 Å². The van der Waals surface area contributed by atoms with Crippen LogP contribution in [0, 0.1) is 5.82 Å². The number of nitrogens with zero attached hydrogens (tertiary/aromatic N) is 3. The number of halogens is 1. The van der Waals surface area contributed by atoms with E-state index >= 15 is 0 Å². The zero-order valence-corrected chi connectivity index (χ0v) is 15.3. The van der Waals surface area contributed by atoms with E-state index in [-0.39, 0.29) is 5.82 Å². The van der Waals surface area contributed by atoms with Gasteiger partial charge in [-0.3, -0.25) is 10.1 Å². The van der Waals surface area contributed by atoms with Crippen LogP contribution in [0.5, 0.6) is 0 Å². The molecule has 0 spiro atoms. The SMILES string of the molecule is CNNc1ccc(-c2n[nH]c(-c3ccncc3)n2)cc1Cc1ccc(F)cc1. The van der Waals surface area contributed by atoms with Crippen LogP contribution in [0.4, 0.5) is 10.1 Å². The number of H-pyrrole nitrogens is 1. The molecule has 0 unspecified atom stereocenters. The van der Waals surface area contributed by atoms with Crippen molar-refractivity contribution in [3.8, 4) is 22.8 Å². The topological polar surface area (TPSA) is 78.5 Å². The highest BCUT2D eigenvalue weighted by Crippen LogP contribution is 2.26. The molecule has 0 aliphatic heterocycles. The number of aromatic amines is 1. The number of benzene rings is 2. The summed E-state index contributed by atoms with van der Waals surface area (Å²) in [4.78, 5) is 8.63. The molecule has 7 heteroatoms. The Morgan fingerprint density at radius 2 is 1.75 bits per heavy atom. The van der Waals surface area contributed by atoms with E-state index in [2.05, 4.69) is 31.0 Å². The molecule has 0 fully saturated rings. The largest absolute Gasteiger partial charge is 0.321 e. The first-order valence-corrected chi connectivity index (χ1v) is 8.86. The van der Waals surface area contributed by atoms with Gasteiger partial charge >= 0.3 is 0 Å². The standard InChI is InChI=1S/C21H19FN6/c1-23-26-19-7-4-16(13-17(19)12-14-2-5-18(22)6-3-14)21-25-20(27-28-21)15-8-10-24-11-9-15/h2-11,13,23,26H,12H2,1H3,(H,25,27,28). The van der Waals surface area contributed by atoms with Crippen molar-refractivity contribution in [2.75, 3.05) is 12.5 Å². The summed E-state index contributed by atoms with van der Waals surface area (Å²) in [6.07, 6.45) is 4.09. The van der Waals surface area contributed by atoms with Crippen LogP contribution in [-0.2, 0) is 6.42 Å². The van der Waals surface area contributed by atoms with Crippen molar-refractivity contribution in [1.82, 2.24) is 25.6 Å². The molecule has 2 heterocycles. The molecule has 0 amide bonds. The van der Waals surface area contributed by atoms with E-state index in [0.29, 0.717) is 18.1 Å². The van der Waals surface area contributed by atoms with E-state index in [1.165, 1.54) is 12.1 Å². The molecule has 6 nitrogen and oxygen atoms in total. The summed E-state index contributed by atoms with van der Waals surface area (Å²) in [6.45, 7) is 0. The van der Waals surface area contributed by atoms with E-state index in [9.17, 15) is 4.39 Å². The lowest BCUT2D eigenvalue weighted by atomic mass is 10.0. The maximum absolute atomic E-state index is 13.2. The summed E-state index contributed by atoms with van der Waals surface area (Å²) in [5, 5.41) is 7.33. The molecule has 0 atom stereocenters. The lowest BCUT2D eigenvalue weighted by molar-refractivity contribution is 0.627. The molecule has 0 bridgehead atoms. The molecular formula is C21H19FN6. The molecule has 0 aliphatic carbocycles. The normalized spacial score (nSPS) is 10.8. The first kappa shape index (κ1) is 17.8. The van der Waals surface area contributed by atoms with Crippen molar-refractivity contribution in [2.24, 2.45) is 0 Å².